The summed E-state index contributed by atoms with van der Waals surface area (Å²) in [7, 11) is 0. The van der Waals surface area contributed by atoms with Crippen LogP contribution in [-0.4, -0.2) is 80.3 Å². The number of nitrogens with zero attached hydrogens (tertiary/aromatic N) is 3. The van der Waals surface area contributed by atoms with Crippen LogP contribution >= 0.6 is 11.3 Å². The van der Waals surface area contributed by atoms with E-state index in [0.29, 0.717) is 12.6 Å². The summed E-state index contributed by atoms with van der Waals surface area (Å²) in [6, 6.07) is 11.8. The fourth-order valence-electron chi connectivity index (χ4n) is 5.18. The Hall–Kier alpha value is -1.93. The van der Waals surface area contributed by atoms with Crippen molar-refractivity contribution in [1.82, 2.24) is 9.80 Å². The summed E-state index contributed by atoms with van der Waals surface area (Å²) in [5, 5.41) is 0. The van der Waals surface area contributed by atoms with Crippen molar-refractivity contribution in [1.29, 1.82) is 0 Å². The van der Waals surface area contributed by atoms with Crippen LogP contribution in [0.1, 0.15) is 34.5 Å². The van der Waals surface area contributed by atoms with Gasteiger partial charge in [-0.1, -0.05) is 12.1 Å². The fourth-order valence-corrected chi connectivity index (χ4v) is 6.33. The third-order valence-corrected chi connectivity index (χ3v) is 8.44. The molecule has 0 bridgehead atoms. The molecule has 3 saturated heterocycles. The molecule has 7 heteroatoms. The number of carbonyl (C=O) groups excluding carboxylic acids is 1. The SMILES string of the molecule is Cc1cc(-c2ccc(N3CCN(C4CCOCC4)CC3)cc2)sc1C(=O)N1CC[C@H](N)C1. The number of hydrogen-bond acceptors (Lipinski definition) is 6. The topological polar surface area (TPSA) is 62.0 Å². The molecule has 0 saturated carbocycles. The van der Waals surface area contributed by atoms with Crippen molar-refractivity contribution in [3.05, 3.63) is 40.8 Å². The van der Waals surface area contributed by atoms with Crippen LogP contribution in [0, 0.1) is 6.92 Å². The molecule has 2 N–H and O–H groups in total. The lowest BCUT2D eigenvalue weighted by atomic mass is 10.1. The van der Waals surface area contributed by atoms with E-state index < -0.39 is 0 Å². The smallest absolute Gasteiger partial charge is 0.264 e. The first-order valence-corrected chi connectivity index (χ1v) is 12.7. The van der Waals surface area contributed by atoms with Crippen molar-refractivity contribution in [2.45, 2.75) is 38.3 Å². The molecule has 0 spiro atoms. The molecule has 32 heavy (non-hydrogen) atoms. The largest absolute Gasteiger partial charge is 0.381 e. The van der Waals surface area contributed by atoms with Gasteiger partial charge in [0.25, 0.3) is 5.91 Å². The minimum Gasteiger partial charge on any atom is -0.381 e. The van der Waals surface area contributed by atoms with Gasteiger partial charge in [-0.15, -0.1) is 11.3 Å². The first kappa shape index (κ1) is 21.9. The maximum Gasteiger partial charge on any atom is 0.264 e. The average Bonchev–Trinajstić information content (AvgIpc) is 3.45. The van der Waals surface area contributed by atoms with Crippen LogP contribution < -0.4 is 10.6 Å². The Morgan fingerprint density at radius 2 is 1.75 bits per heavy atom. The van der Waals surface area contributed by atoms with E-state index in [4.69, 9.17) is 10.5 Å². The van der Waals surface area contributed by atoms with Gasteiger partial charge in [0.15, 0.2) is 0 Å². The predicted molar refractivity (Wildman–Crippen MR) is 131 cm³/mol. The highest BCUT2D eigenvalue weighted by atomic mass is 32.1. The second kappa shape index (κ2) is 9.51. The highest BCUT2D eigenvalue weighted by Gasteiger charge is 2.28. The Morgan fingerprint density at radius 3 is 2.41 bits per heavy atom. The number of nitrogens with two attached hydrogens (primary N) is 1. The molecule has 3 aliphatic rings. The highest BCUT2D eigenvalue weighted by Crippen LogP contribution is 2.34. The van der Waals surface area contributed by atoms with Gasteiger partial charge in [0.05, 0.1) is 4.88 Å². The first-order valence-electron chi connectivity index (χ1n) is 11.9. The van der Waals surface area contributed by atoms with E-state index >= 15 is 0 Å². The molecule has 172 valence electrons. The summed E-state index contributed by atoms with van der Waals surface area (Å²) >= 11 is 1.60. The molecule has 6 nitrogen and oxygen atoms in total. The number of amides is 1. The molecular formula is C25H34N4O2S. The minimum atomic E-state index is 0.116. The monoisotopic (exact) mass is 454 g/mol. The number of benzene rings is 1. The van der Waals surface area contributed by atoms with E-state index in [1.807, 2.05) is 11.8 Å². The Bertz CT molecular complexity index is 930. The molecule has 0 unspecified atom stereocenters. The van der Waals surface area contributed by atoms with Crippen molar-refractivity contribution >= 4 is 22.9 Å². The summed E-state index contributed by atoms with van der Waals surface area (Å²) in [5.41, 5.74) is 9.52. The van der Waals surface area contributed by atoms with E-state index in [9.17, 15) is 4.79 Å². The van der Waals surface area contributed by atoms with E-state index in [1.54, 1.807) is 11.3 Å². The molecule has 2 aromatic rings. The van der Waals surface area contributed by atoms with E-state index in [0.717, 1.165) is 67.7 Å². The molecule has 3 aliphatic heterocycles. The maximum atomic E-state index is 12.9. The van der Waals surface area contributed by atoms with Gasteiger partial charge in [-0.2, -0.15) is 0 Å². The van der Waals surface area contributed by atoms with Gasteiger partial charge in [-0.25, -0.2) is 0 Å². The Balaban J connectivity index is 1.22. The lowest BCUT2D eigenvalue weighted by Gasteiger charge is -2.41. The van der Waals surface area contributed by atoms with Crippen molar-refractivity contribution in [3.8, 4) is 10.4 Å². The summed E-state index contributed by atoms with van der Waals surface area (Å²) in [4.78, 5) is 22.0. The zero-order valence-electron chi connectivity index (χ0n) is 19.0. The number of aryl methyl sites for hydroxylation is 1. The van der Waals surface area contributed by atoms with Crippen LogP contribution in [-0.2, 0) is 4.74 Å². The van der Waals surface area contributed by atoms with E-state index in [2.05, 4.69) is 40.1 Å². The summed E-state index contributed by atoms with van der Waals surface area (Å²) in [5.74, 6) is 0.130. The molecule has 1 aromatic carbocycles. The molecule has 1 amide bonds. The Labute approximate surface area is 194 Å². The normalized spacial score (nSPS) is 23.1. The van der Waals surface area contributed by atoms with Gasteiger partial charge in [0.1, 0.15) is 0 Å². The standard InChI is InChI=1S/C25H34N4O2S/c1-18-16-23(32-24(18)25(30)29-9-6-20(26)17-29)19-2-4-21(5-3-19)27-10-12-28(13-11-27)22-7-14-31-15-8-22/h2-5,16,20,22H,6-15,17,26H2,1H3/t20-/m0/s1. The van der Waals surface area contributed by atoms with E-state index in [-0.39, 0.29) is 11.9 Å². The van der Waals surface area contributed by atoms with Gasteiger partial charge < -0.3 is 20.3 Å². The number of hydrogen-bond donors (Lipinski definition) is 1. The van der Waals surface area contributed by atoms with Crippen LogP contribution in [0.25, 0.3) is 10.4 Å². The Morgan fingerprint density at radius 1 is 1.03 bits per heavy atom. The fraction of sp³-hybridized carbons (Fsp3) is 0.560. The molecule has 0 radical (unpaired) electrons. The number of carbonyl (C=O) groups is 1. The second-order valence-electron chi connectivity index (χ2n) is 9.34. The van der Waals surface area contributed by atoms with Crippen LogP contribution in [0.5, 0.6) is 0 Å². The van der Waals surface area contributed by atoms with Crippen molar-refractivity contribution in [3.63, 3.8) is 0 Å². The van der Waals surface area contributed by atoms with Crippen molar-refractivity contribution < 1.29 is 9.53 Å². The van der Waals surface area contributed by atoms with Crippen LogP contribution in [0.4, 0.5) is 5.69 Å². The zero-order chi connectivity index (χ0) is 22.1. The molecule has 0 aliphatic carbocycles. The maximum absolute atomic E-state index is 12.9. The molecule has 1 aromatic heterocycles. The molecular weight excluding hydrogens is 420 g/mol. The first-order chi connectivity index (χ1) is 15.6. The minimum absolute atomic E-state index is 0.116. The quantitative estimate of drug-likeness (QED) is 0.769. The van der Waals surface area contributed by atoms with Gasteiger partial charge in [0, 0.05) is 75.1 Å². The van der Waals surface area contributed by atoms with Gasteiger partial charge in [0.2, 0.25) is 0 Å². The predicted octanol–water partition coefficient (Wildman–Crippen LogP) is 3.20. The number of rotatable bonds is 4. The molecule has 5 rings (SSSR count). The van der Waals surface area contributed by atoms with Gasteiger partial charge >= 0.3 is 0 Å². The van der Waals surface area contributed by atoms with Crippen LogP contribution in [0.15, 0.2) is 30.3 Å². The van der Waals surface area contributed by atoms with Crippen LogP contribution in [0.3, 0.4) is 0 Å². The number of ether oxygens (including phenoxy) is 1. The lowest BCUT2D eigenvalue weighted by Crippen LogP contribution is -2.51. The number of anilines is 1. The molecule has 4 heterocycles. The zero-order valence-corrected chi connectivity index (χ0v) is 19.8. The average molecular weight is 455 g/mol. The Kier molecular flexibility index (Phi) is 6.51. The van der Waals surface area contributed by atoms with Crippen LogP contribution in [0.2, 0.25) is 0 Å². The molecule has 3 fully saturated rings. The summed E-state index contributed by atoms with van der Waals surface area (Å²) in [6.07, 6.45) is 3.24. The third kappa shape index (κ3) is 4.57. The third-order valence-electron chi connectivity index (χ3n) is 7.16. The van der Waals surface area contributed by atoms with Gasteiger partial charge in [-0.05, 0) is 55.5 Å². The number of thiophene rings is 1. The van der Waals surface area contributed by atoms with Gasteiger partial charge in [-0.3, -0.25) is 9.69 Å². The van der Waals surface area contributed by atoms with Crippen molar-refractivity contribution in [2.24, 2.45) is 5.73 Å². The highest BCUT2D eigenvalue weighted by molar-refractivity contribution is 7.17. The van der Waals surface area contributed by atoms with Crippen molar-refractivity contribution in [2.75, 3.05) is 57.4 Å². The summed E-state index contributed by atoms with van der Waals surface area (Å²) < 4.78 is 5.52. The second-order valence-corrected chi connectivity index (χ2v) is 10.4. The number of likely N-dealkylation sites (tertiary alicyclic amines) is 1. The lowest BCUT2D eigenvalue weighted by molar-refractivity contribution is 0.0321. The number of piperazine rings is 1. The molecule has 1 atom stereocenters. The summed E-state index contributed by atoms with van der Waals surface area (Å²) in [6.45, 7) is 9.70. The van der Waals surface area contributed by atoms with E-state index in [1.165, 1.54) is 24.1 Å².